The molecule has 0 radical (unpaired) electrons. The Morgan fingerprint density at radius 2 is 1.95 bits per heavy atom. The maximum absolute atomic E-state index is 14.0. The molecule has 0 spiro atoms. The average molecular weight is 551 g/mol. The van der Waals surface area contributed by atoms with E-state index in [1.54, 1.807) is 0 Å². The molecule has 2 heterocycles. The number of nitrogens with zero attached hydrogens (tertiary/aromatic N) is 1. The molecule has 9 unspecified atom stereocenters. The molecule has 5 nitrogen and oxygen atoms in total. The van der Waals surface area contributed by atoms with Gasteiger partial charge in [0.05, 0.1) is 17.8 Å². The van der Waals surface area contributed by atoms with Crippen molar-refractivity contribution in [2.75, 3.05) is 13.1 Å². The number of nitrogens with one attached hydrogen (secondary N) is 3. The van der Waals surface area contributed by atoms with Crippen LogP contribution in [0, 0.1) is 29.6 Å². The van der Waals surface area contributed by atoms with Gasteiger partial charge >= 0.3 is 6.18 Å². The molecule has 1 amide bonds. The van der Waals surface area contributed by atoms with Crippen LogP contribution in [0.1, 0.15) is 78.1 Å². The highest BCUT2D eigenvalue weighted by molar-refractivity contribution is 6.20. The molecule has 212 valence electrons. The van der Waals surface area contributed by atoms with E-state index in [1.807, 2.05) is 6.92 Å². The fourth-order valence-electron chi connectivity index (χ4n) is 7.08. The first-order valence-corrected chi connectivity index (χ1v) is 14.6. The van der Waals surface area contributed by atoms with Crippen LogP contribution in [0.2, 0.25) is 0 Å². The lowest BCUT2D eigenvalue weighted by atomic mass is 9.70. The van der Waals surface area contributed by atoms with Crippen molar-refractivity contribution in [3.05, 3.63) is 0 Å². The van der Waals surface area contributed by atoms with Crippen molar-refractivity contribution in [2.24, 2.45) is 34.6 Å². The number of piperidine rings is 1. The monoisotopic (exact) mass is 550 g/mol. The highest BCUT2D eigenvalue weighted by Crippen LogP contribution is 2.45. The number of hydrogen-bond donors (Lipinski definition) is 3. The van der Waals surface area contributed by atoms with Gasteiger partial charge in [-0.2, -0.15) is 13.2 Å². The van der Waals surface area contributed by atoms with Crippen molar-refractivity contribution in [1.82, 2.24) is 16.0 Å². The third-order valence-electron chi connectivity index (χ3n) is 9.32. The van der Waals surface area contributed by atoms with Crippen molar-refractivity contribution >= 4 is 23.3 Å². The summed E-state index contributed by atoms with van der Waals surface area (Å²) in [6, 6.07) is -1.09. The van der Waals surface area contributed by atoms with Crippen LogP contribution in [-0.2, 0) is 4.79 Å². The lowest BCUT2D eigenvalue weighted by molar-refractivity contribution is -0.206. The molecule has 0 bridgehead atoms. The molecule has 4 rings (SSSR count). The number of carbonyl (C=O) groups excluding carboxylic acids is 1. The zero-order valence-corrected chi connectivity index (χ0v) is 22.8. The molecule has 3 N–H and O–H groups in total. The number of amidine groups is 1. The number of rotatable bonds is 6. The van der Waals surface area contributed by atoms with Gasteiger partial charge in [-0.05, 0) is 88.4 Å². The normalized spacial score (nSPS) is 40.1. The largest absolute Gasteiger partial charge is 0.392 e. The molecular formula is C27H43ClF4N4O. The van der Waals surface area contributed by atoms with E-state index in [0.717, 1.165) is 44.5 Å². The summed E-state index contributed by atoms with van der Waals surface area (Å²) in [6.45, 7) is 5.54. The minimum atomic E-state index is -4.45. The van der Waals surface area contributed by atoms with Gasteiger partial charge in [0, 0.05) is 37.0 Å². The second kappa shape index (κ2) is 12.4. The third-order valence-corrected chi connectivity index (χ3v) is 9.96. The van der Waals surface area contributed by atoms with Crippen molar-refractivity contribution in [3.63, 3.8) is 0 Å². The van der Waals surface area contributed by atoms with Gasteiger partial charge in [-0.25, -0.2) is 4.39 Å². The van der Waals surface area contributed by atoms with E-state index in [-0.39, 0.29) is 36.1 Å². The topological polar surface area (TPSA) is 65.5 Å². The number of hydrogen-bond acceptors (Lipinski definition) is 4. The SMILES string of the molecule is CC1CC([C@H](C)NC(=O)C2CC(CNC3=NCCC3)CC(C3CCC(F)CC3C(F)(F)F)N2)CCC1Cl. The Bertz CT molecular complexity index is 812. The maximum Gasteiger partial charge on any atom is 0.392 e. The van der Waals surface area contributed by atoms with Crippen molar-refractivity contribution in [3.8, 4) is 0 Å². The molecule has 2 aliphatic heterocycles. The van der Waals surface area contributed by atoms with Crippen molar-refractivity contribution < 1.29 is 22.4 Å². The average Bonchev–Trinajstić information content (AvgIpc) is 3.37. The second-order valence-corrected chi connectivity index (χ2v) is 12.6. The smallest absolute Gasteiger partial charge is 0.374 e. The number of halogens is 5. The Morgan fingerprint density at radius 3 is 2.62 bits per heavy atom. The summed E-state index contributed by atoms with van der Waals surface area (Å²) < 4.78 is 55.9. The molecule has 0 aromatic rings. The van der Waals surface area contributed by atoms with Crippen molar-refractivity contribution in [1.29, 1.82) is 0 Å². The molecule has 4 aliphatic rings. The van der Waals surface area contributed by atoms with Crippen LogP contribution in [0.15, 0.2) is 4.99 Å². The Hall–Kier alpha value is -1.09. The van der Waals surface area contributed by atoms with E-state index < -0.39 is 42.7 Å². The van der Waals surface area contributed by atoms with E-state index in [9.17, 15) is 22.4 Å². The fraction of sp³-hybridized carbons (Fsp3) is 0.926. The van der Waals surface area contributed by atoms with Crippen LogP contribution >= 0.6 is 11.6 Å². The van der Waals surface area contributed by atoms with Crippen LogP contribution in [-0.4, -0.2) is 60.7 Å². The highest BCUT2D eigenvalue weighted by Gasteiger charge is 2.51. The first-order valence-electron chi connectivity index (χ1n) is 14.2. The summed E-state index contributed by atoms with van der Waals surface area (Å²) in [7, 11) is 0. The summed E-state index contributed by atoms with van der Waals surface area (Å²) in [5, 5.41) is 10.0. The van der Waals surface area contributed by atoms with Gasteiger partial charge in [0.15, 0.2) is 0 Å². The zero-order valence-electron chi connectivity index (χ0n) is 22.0. The summed E-state index contributed by atoms with van der Waals surface area (Å²) in [6.07, 6.45) is -0.239. The number of amides is 1. The van der Waals surface area contributed by atoms with E-state index in [1.165, 1.54) is 0 Å². The van der Waals surface area contributed by atoms with Crippen LogP contribution in [0.5, 0.6) is 0 Å². The Morgan fingerprint density at radius 1 is 1.16 bits per heavy atom. The summed E-state index contributed by atoms with van der Waals surface area (Å²) >= 11 is 6.38. The van der Waals surface area contributed by atoms with Gasteiger partial charge in [0.2, 0.25) is 5.91 Å². The summed E-state index contributed by atoms with van der Waals surface area (Å²) in [5.74, 6) is -0.870. The lowest BCUT2D eigenvalue weighted by Crippen LogP contribution is -2.60. The van der Waals surface area contributed by atoms with E-state index in [4.69, 9.17) is 11.6 Å². The Balaban J connectivity index is 1.45. The Kier molecular flexibility index (Phi) is 9.68. The highest BCUT2D eigenvalue weighted by atomic mass is 35.5. The molecule has 2 saturated carbocycles. The van der Waals surface area contributed by atoms with Gasteiger partial charge in [-0.15, -0.1) is 11.6 Å². The van der Waals surface area contributed by atoms with Gasteiger partial charge < -0.3 is 16.0 Å². The predicted molar refractivity (Wildman–Crippen MR) is 139 cm³/mol. The molecule has 10 atom stereocenters. The first-order chi connectivity index (χ1) is 17.5. The van der Waals surface area contributed by atoms with Gasteiger partial charge in [0.25, 0.3) is 0 Å². The predicted octanol–water partition coefficient (Wildman–Crippen LogP) is 5.37. The molecule has 37 heavy (non-hydrogen) atoms. The molecule has 10 heteroatoms. The zero-order chi connectivity index (χ0) is 26.7. The molecule has 0 aromatic heterocycles. The molecule has 0 aromatic carbocycles. The van der Waals surface area contributed by atoms with Gasteiger partial charge in [-0.3, -0.25) is 9.79 Å². The second-order valence-electron chi connectivity index (χ2n) is 12.1. The summed E-state index contributed by atoms with van der Waals surface area (Å²) in [4.78, 5) is 17.9. The molecular weight excluding hydrogens is 508 g/mol. The molecule has 3 fully saturated rings. The molecule has 1 saturated heterocycles. The van der Waals surface area contributed by atoms with Gasteiger partial charge in [-0.1, -0.05) is 6.92 Å². The number of aliphatic imine (C=N–C) groups is 1. The first kappa shape index (κ1) is 28.9. The summed E-state index contributed by atoms with van der Waals surface area (Å²) in [5.41, 5.74) is 0. The van der Waals surface area contributed by atoms with Crippen molar-refractivity contribution in [2.45, 2.75) is 114 Å². The van der Waals surface area contributed by atoms with Crippen LogP contribution in [0.3, 0.4) is 0 Å². The van der Waals surface area contributed by atoms with Crippen LogP contribution in [0.25, 0.3) is 0 Å². The Labute approximate surface area is 223 Å². The lowest BCUT2D eigenvalue weighted by Gasteiger charge is -2.45. The standard InChI is InChI=1S/C27H43ClF4N4O/c1-15-10-18(5-8-22(15)28)16(2)35-26(37)24-12-17(14-34-25-4-3-9-33-25)11-23(36-24)20-7-6-19(29)13-21(20)27(30,31)32/h15-24,36H,3-14H2,1-2H3,(H,33,34)(H,35,37)/t15?,16-,17?,18?,19?,20?,21?,22?,23?,24?/m0/s1. The van der Waals surface area contributed by atoms with Crippen LogP contribution in [0.4, 0.5) is 17.6 Å². The third kappa shape index (κ3) is 7.52. The molecule has 2 aliphatic carbocycles. The minimum absolute atomic E-state index is 0.0318. The fourth-order valence-corrected chi connectivity index (χ4v) is 7.30. The van der Waals surface area contributed by atoms with E-state index >= 15 is 0 Å². The van der Waals surface area contributed by atoms with E-state index in [0.29, 0.717) is 31.2 Å². The van der Waals surface area contributed by atoms with E-state index in [2.05, 4.69) is 27.9 Å². The minimum Gasteiger partial charge on any atom is -0.374 e. The maximum atomic E-state index is 14.0. The van der Waals surface area contributed by atoms with Gasteiger partial charge in [0.1, 0.15) is 6.17 Å². The van der Waals surface area contributed by atoms with Crippen LogP contribution < -0.4 is 16.0 Å². The number of alkyl halides is 5. The number of carbonyl (C=O) groups is 1. The quantitative estimate of drug-likeness (QED) is 0.308.